The van der Waals surface area contributed by atoms with Crippen LogP contribution < -0.4 is 5.73 Å². The van der Waals surface area contributed by atoms with Crippen LogP contribution in [-0.2, 0) is 0 Å². The van der Waals surface area contributed by atoms with E-state index in [1.807, 2.05) is 18.2 Å². The highest BCUT2D eigenvalue weighted by atomic mass is 35.5. The zero-order valence-corrected chi connectivity index (χ0v) is 10.1. The molecular weight excluding hydrogens is 246 g/mol. The monoisotopic (exact) mass is 260 g/mol. The SMILES string of the molecule is NCC(c1ccccc1Cl)N1CCC(F)(F)C1. The van der Waals surface area contributed by atoms with Gasteiger partial charge in [-0.1, -0.05) is 29.8 Å². The summed E-state index contributed by atoms with van der Waals surface area (Å²) < 4.78 is 26.4. The first-order chi connectivity index (χ1) is 8.03. The van der Waals surface area contributed by atoms with Gasteiger partial charge in [0, 0.05) is 30.6 Å². The maximum absolute atomic E-state index is 13.2. The fourth-order valence-corrected chi connectivity index (χ4v) is 2.51. The van der Waals surface area contributed by atoms with Crippen molar-refractivity contribution in [2.45, 2.75) is 18.4 Å². The van der Waals surface area contributed by atoms with Crippen LogP contribution in [-0.4, -0.2) is 30.5 Å². The summed E-state index contributed by atoms with van der Waals surface area (Å²) in [6, 6.07) is 7.04. The number of rotatable bonds is 3. The Bertz CT molecular complexity index is 398. The number of halogens is 3. The van der Waals surface area contributed by atoms with Gasteiger partial charge in [0.25, 0.3) is 5.92 Å². The second-order valence-electron chi connectivity index (χ2n) is 4.35. The maximum atomic E-state index is 13.2. The molecule has 1 aromatic carbocycles. The smallest absolute Gasteiger partial charge is 0.261 e. The largest absolute Gasteiger partial charge is 0.329 e. The van der Waals surface area contributed by atoms with Crippen LogP contribution in [0, 0.1) is 0 Å². The molecule has 5 heteroatoms. The summed E-state index contributed by atoms with van der Waals surface area (Å²) in [7, 11) is 0. The fraction of sp³-hybridized carbons (Fsp3) is 0.500. The summed E-state index contributed by atoms with van der Waals surface area (Å²) in [6.07, 6.45) is -0.103. The fourth-order valence-electron chi connectivity index (χ4n) is 2.25. The quantitative estimate of drug-likeness (QED) is 0.905. The lowest BCUT2D eigenvalue weighted by Crippen LogP contribution is -2.34. The summed E-state index contributed by atoms with van der Waals surface area (Å²) in [5.41, 5.74) is 6.52. The third-order valence-corrected chi connectivity index (χ3v) is 3.47. The highest BCUT2D eigenvalue weighted by Gasteiger charge is 2.41. The molecule has 0 radical (unpaired) electrons. The Morgan fingerprint density at radius 3 is 2.65 bits per heavy atom. The van der Waals surface area contributed by atoms with E-state index in [9.17, 15) is 8.78 Å². The van der Waals surface area contributed by atoms with E-state index in [0.717, 1.165) is 5.56 Å². The number of hydrogen-bond acceptors (Lipinski definition) is 2. The molecule has 17 heavy (non-hydrogen) atoms. The number of benzene rings is 1. The van der Waals surface area contributed by atoms with Gasteiger partial charge in [-0.2, -0.15) is 0 Å². The summed E-state index contributed by atoms with van der Waals surface area (Å²) in [5.74, 6) is -2.60. The molecule has 1 fully saturated rings. The average molecular weight is 261 g/mol. The van der Waals surface area contributed by atoms with Gasteiger partial charge in [0.2, 0.25) is 0 Å². The number of nitrogens with two attached hydrogens (primary N) is 1. The molecule has 0 aromatic heterocycles. The molecule has 1 saturated heterocycles. The zero-order valence-electron chi connectivity index (χ0n) is 9.37. The lowest BCUT2D eigenvalue weighted by molar-refractivity contribution is 0.00790. The van der Waals surface area contributed by atoms with Crippen LogP contribution in [0.1, 0.15) is 18.0 Å². The van der Waals surface area contributed by atoms with Gasteiger partial charge in [-0.05, 0) is 11.6 Å². The van der Waals surface area contributed by atoms with E-state index in [-0.39, 0.29) is 19.0 Å². The van der Waals surface area contributed by atoms with Gasteiger partial charge in [-0.25, -0.2) is 8.78 Å². The van der Waals surface area contributed by atoms with E-state index in [2.05, 4.69) is 0 Å². The summed E-state index contributed by atoms with van der Waals surface area (Å²) in [4.78, 5) is 1.71. The molecule has 0 spiro atoms. The van der Waals surface area contributed by atoms with Gasteiger partial charge in [0.05, 0.1) is 6.54 Å². The Balaban J connectivity index is 2.21. The predicted octanol–water partition coefficient (Wildman–Crippen LogP) is 2.68. The van der Waals surface area contributed by atoms with Gasteiger partial charge in [0.1, 0.15) is 0 Å². The van der Waals surface area contributed by atoms with Crippen molar-refractivity contribution >= 4 is 11.6 Å². The summed E-state index contributed by atoms with van der Waals surface area (Å²) >= 11 is 6.08. The highest BCUT2D eigenvalue weighted by molar-refractivity contribution is 6.31. The Kier molecular flexibility index (Phi) is 3.66. The van der Waals surface area contributed by atoms with Crippen molar-refractivity contribution in [3.8, 4) is 0 Å². The van der Waals surface area contributed by atoms with E-state index >= 15 is 0 Å². The number of likely N-dealkylation sites (tertiary alicyclic amines) is 1. The average Bonchev–Trinajstić information content (AvgIpc) is 2.63. The molecule has 2 N–H and O–H groups in total. The number of hydrogen-bond donors (Lipinski definition) is 1. The lowest BCUT2D eigenvalue weighted by atomic mass is 10.1. The molecule has 94 valence electrons. The van der Waals surface area contributed by atoms with Crippen LogP contribution in [0.25, 0.3) is 0 Å². The number of nitrogens with zero attached hydrogens (tertiary/aromatic N) is 1. The van der Waals surface area contributed by atoms with Crippen LogP contribution in [0.2, 0.25) is 5.02 Å². The Morgan fingerprint density at radius 2 is 2.12 bits per heavy atom. The standard InChI is InChI=1S/C12H15ClF2N2/c13-10-4-2-1-3-9(10)11(7-16)17-6-5-12(14,15)8-17/h1-4,11H,5-8,16H2. The minimum atomic E-state index is -2.60. The molecule has 1 atom stereocenters. The van der Waals surface area contributed by atoms with Gasteiger partial charge >= 0.3 is 0 Å². The van der Waals surface area contributed by atoms with Crippen molar-refractivity contribution in [1.82, 2.24) is 4.90 Å². The molecule has 2 rings (SSSR count). The van der Waals surface area contributed by atoms with E-state index in [1.165, 1.54) is 0 Å². The number of alkyl halides is 2. The first-order valence-corrected chi connectivity index (χ1v) is 5.98. The van der Waals surface area contributed by atoms with Crippen LogP contribution in [0.4, 0.5) is 8.78 Å². The summed E-state index contributed by atoms with van der Waals surface area (Å²) in [6.45, 7) is 0.417. The normalized spacial score (nSPS) is 21.6. The molecular formula is C12H15ClF2N2. The third-order valence-electron chi connectivity index (χ3n) is 3.13. The minimum Gasteiger partial charge on any atom is -0.329 e. The van der Waals surface area contributed by atoms with Gasteiger partial charge in [-0.15, -0.1) is 0 Å². The Labute approximate surface area is 104 Å². The third kappa shape index (κ3) is 2.76. The van der Waals surface area contributed by atoms with Crippen molar-refractivity contribution in [1.29, 1.82) is 0 Å². The molecule has 0 saturated carbocycles. The molecule has 0 aliphatic carbocycles. The molecule has 0 bridgehead atoms. The van der Waals surface area contributed by atoms with Gasteiger partial charge in [-0.3, -0.25) is 4.90 Å². The predicted molar refractivity (Wildman–Crippen MR) is 64.4 cm³/mol. The zero-order chi connectivity index (χ0) is 12.5. The van der Waals surface area contributed by atoms with Crippen LogP contribution in [0.15, 0.2) is 24.3 Å². The van der Waals surface area contributed by atoms with Gasteiger partial charge < -0.3 is 5.73 Å². The Morgan fingerprint density at radius 1 is 1.41 bits per heavy atom. The molecule has 1 aromatic rings. The first-order valence-electron chi connectivity index (χ1n) is 5.60. The summed E-state index contributed by atoms with van der Waals surface area (Å²) in [5, 5.41) is 0.582. The topological polar surface area (TPSA) is 29.3 Å². The van der Waals surface area contributed by atoms with E-state index in [0.29, 0.717) is 18.1 Å². The van der Waals surface area contributed by atoms with Crippen LogP contribution in [0.5, 0.6) is 0 Å². The van der Waals surface area contributed by atoms with Gasteiger partial charge in [0.15, 0.2) is 0 Å². The second kappa shape index (κ2) is 4.88. The molecule has 1 heterocycles. The molecule has 1 aliphatic heterocycles. The van der Waals surface area contributed by atoms with Crippen LogP contribution in [0.3, 0.4) is 0 Å². The highest BCUT2D eigenvalue weighted by Crippen LogP contribution is 2.34. The lowest BCUT2D eigenvalue weighted by Gasteiger charge is -2.27. The Hall–Kier alpha value is -0.710. The van der Waals surface area contributed by atoms with Crippen molar-refractivity contribution in [2.24, 2.45) is 5.73 Å². The molecule has 1 unspecified atom stereocenters. The van der Waals surface area contributed by atoms with E-state index in [4.69, 9.17) is 17.3 Å². The van der Waals surface area contributed by atoms with Crippen molar-refractivity contribution in [2.75, 3.05) is 19.6 Å². The maximum Gasteiger partial charge on any atom is 0.261 e. The first kappa shape index (κ1) is 12.7. The molecule has 0 amide bonds. The second-order valence-corrected chi connectivity index (χ2v) is 4.76. The molecule has 2 nitrogen and oxygen atoms in total. The van der Waals surface area contributed by atoms with Crippen LogP contribution >= 0.6 is 11.6 Å². The molecule has 1 aliphatic rings. The van der Waals surface area contributed by atoms with E-state index in [1.54, 1.807) is 11.0 Å². The van der Waals surface area contributed by atoms with Crippen molar-refractivity contribution in [3.05, 3.63) is 34.9 Å². The van der Waals surface area contributed by atoms with E-state index < -0.39 is 5.92 Å². The van der Waals surface area contributed by atoms with Crippen molar-refractivity contribution in [3.63, 3.8) is 0 Å². The van der Waals surface area contributed by atoms with Crippen molar-refractivity contribution < 1.29 is 8.78 Å². The minimum absolute atomic E-state index is 0.103.